The summed E-state index contributed by atoms with van der Waals surface area (Å²) in [4.78, 5) is 11.8. The Labute approximate surface area is 214 Å². The van der Waals surface area contributed by atoms with E-state index < -0.39 is 24.9 Å². The molecule has 3 heterocycles. The summed E-state index contributed by atoms with van der Waals surface area (Å²) in [6.45, 7) is 11.2. The summed E-state index contributed by atoms with van der Waals surface area (Å²) in [6.07, 6.45) is 15.0. The molecule has 0 aliphatic carbocycles. The number of hydrogen-bond acceptors (Lipinski definition) is 9. The predicted molar refractivity (Wildman–Crippen MR) is 144 cm³/mol. The monoisotopic (exact) mass is 531 g/mol. The van der Waals surface area contributed by atoms with Crippen molar-refractivity contribution in [1.29, 1.82) is 0 Å². The number of aromatic nitrogens is 3. The fourth-order valence-corrected chi connectivity index (χ4v) is 4.47. The van der Waals surface area contributed by atoms with Crippen molar-refractivity contribution in [3.63, 3.8) is 0 Å². The summed E-state index contributed by atoms with van der Waals surface area (Å²) in [5.41, 5.74) is -0.333. The molecule has 0 saturated carbocycles. The van der Waals surface area contributed by atoms with Crippen LogP contribution in [0.15, 0.2) is 34.7 Å². The van der Waals surface area contributed by atoms with Gasteiger partial charge in [0.2, 0.25) is 0 Å². The number of aliphatic hydroxyl groups is 3. The molecule has 3 rings (SSSR count). The molecule has 3 N–H and O–H groups in total. The van der Waals surface area contributed by atoms with E-state index in [2.05, 4.69) is 57.9 Å². The van der Waals surface area contributed by atoms with Gasteiger partial charge in [0.1, 0.15) is 23.1 Å². The van der Waals surface area contributed by atoms with Crippen LogP contribution in [0, 0.1) is 36.2 Å². The summed E-state index contributed by atoms with van der Waals surface area (Å²) >= 11 is 4.13. The Bertz CT molecular complexity index is 1080. The average Bonchev–Trinajstić information content (AvgIpc) is 3.54. The molecule has 0 fully saturated rings. The lowest BCUT2D eigenvalue weighted by Gasteiger charge is -2.14. The van der Waals surface area contributed by atoms with Crippen molar-refractivity contribution in [2.24, 2.45) is 0 Å². The maximum atomic E-state index is 10.0. The minimum absolute atomic E-state index is 0.565. The molecular weight excluding hydrogens is 503 g/mol. The van der Waals surface area contributed by atoms with Gasteiger partial charge in [0, 0.05) is 34.7 Å². The zero-order valence-corrected chi connectivity index (χ0v) is 23.5. The van der Waals surface area contributed by atoms with Crippen LogP contribution in [0.3, 0.4) is 0 Å². The van der Waals surface area contributed by atoms with Gasteiger partial charge in [-0.3, -0.25) is 0 Å². The second-order valence-corrected chi connectivity index (χ2v) is 16.0. The first-order valence-corrected chi connectivity index (χ1v) is 16.2. The van der Waals surface area contributed by atoms with Gasteiger partial charge in [-0.1, -0.05) is 37.4 Å². The van der Waals surface area contributed by atoms with Crippen LogP contribution in [0.1, 0.15) is 35.8 Å². The number of nitrogens with zero attached hydrogens (tertiary/aromatic N) is 3. The summed E-state index contributed by atoms with van der Waals surface area (Å²) in [5.74, 6) is 7.41. The minimum Gasteiger partial charge on any atom is -0.371 e. The molecule has 0 saturated heterocycles. The van der Waals surface area contributed by atoms with Crippen molar-refractivity contribution >= 4 is 42.1 Å². The van der Waals surface area contributed by atoms with E-state index in [9.17, 15) is 15.3 Å². The molecule has 1 unspecified atom stereocenters. The molecule has 10 heteroatoms. The third-order valence-corrected chi connectivity index (χ3v) is 7.62. The van der Waals surface area contributed by atoms with Crippen molar-refractivity contribution < 1.29 is 15.3 Å². The van der Waals surface area contributed by atoms with Crippen LogP contribution < -0.4 is 0 Å². The molecule has 0 amide bonds. The fourth-order valence-electron chi connectivity index (χ4n) is 1.88. The molecule has 3 atom stereocenters. The maximum Gasteiger partial charge on any atom is 0.174 e. The lowest BCUT2D eigenvalue weighted by molar-refractivity contribution is 0.121. The Morgan fingerprint density at radius 3 is 1.26 bits per heavy atom. The van der Waals surface area contributed by atoms with Crippen molar-refractivity contribution in [1.82, 2.24) is 15.0 Å². The van der Waals surface area contributed by atoms with Gasteiger partial charge in [-0.2, -0.15) is 0 Å². The Hall–Kier alpha value is -2.33. The second-order valence-electron chi connectivity index (χ2n) is 8.52. The first kappa shape index (κ1) is 29.7. The van der Waals surface area contributed by atoms with Crippen LogP contribution in [0.4, 0.5) is 0 Å². The summed E-state index contributed by atoms with van der Waals surface area (Å²) in [5, 5.41) is 36.0. The zero-order valence-electron chi connectivity index (χ0n) is 20.0. The summed E-state index contributed by atoms with van der Waals surface area (Å²) < 4.78 is 0. The molecule has 3 aromatic rings. The fraction of sp³-hybridized carbons (Fsp3) is 0.375. The van der Waals surface area contributed by atoms with Crippen molar-refractivity contribution in [2.45, 2.75) is 57.2 Å². The third kappa shape index (κ3) is 9.88. The molecule has 0 aromatic carbocycles. The van der Waals surface area contributed by atoms with Crippen LogP contribution in [-0.2, 0) is 16.8 Å². The molecule has 6 nitrogen and oxygen atoms in total. The van der Waals surface area contributed by atoms with Crippen molar-refractivity contribution in [3.8, 4) is 36.2 Å². The predicted octanol–water partition coefficient (Wildman–Crippen LogP) is 4.20. The molecule has 0 bridgehead atoms. The highest BCUT2D eigenvalue weighted by molar-refractivity contribution is 7.10. The topological polar surface area (TPSA) is 99.4 Å². The van der Waals surface area contributed by atoms with Gasteiger partial charge in [0.05, 0.1) is 0 Å². The highest BCUT2D eigenvalue weighted by atomic mass is 32.1. The Kier molecular flexibility index (Phi) is 10.8. The van der Waals surface area contributed by atoms with E-state index >= 15 is 0 Å². The Morgan fingerprint density at radius 1 is 0.706 bits per heavy atom. The van der Waals surface area contributed by atoms with E-state index in [1.165, 1.54) is 34.0 Å². The average molecular weight is 532 g/mol. The summed E-state index contributed by atoms with van der Waals surface area (Å²) in [7, 11) is -1.42. The normalized spacial score (nSPS) is 15.6. The number of thiazole rings is 3. The highest BCUT2D eigenvalue weighted by Gasteiger charge is 2.24. The molecule has 0 aliphatic heterocycles. The van der Waals surface area contributed by atoms with Crippen molar-refractivity contribution in [2.75, 3.05) is 0 Å². The molecule has 0 aliphatic rings. The first-order chi connectivity index (χ1) is 15.6. The maximum absolute atomic E-state index is 10.0. The Balaban J connectivity index is 0.000000261. The van der Waals surface area contributed by atoms with Gasteiger partial charge < -0.3 is 15.3 Å². The number of hydrogen-bond donors (Lipinski definition) is 3. The lowest BCUT2D eigenvalue weighted by Crippen LogP contribution is -2.22. The number of rotatable bonds is 3. The van der Waals surface area contributed by atoms with Gasteiger partial charge in [-0.15, -0.1) is 52.4 Å². The van der Waals surface area contributed by atoms with Gasteiger partial charge in [-0.05, 0) is 20.8 Å². The van der Waals surface area contributed by atoms with Gasteiger partial charge >= 0.3 is 0 Å². The van der Waals surface area contributed by atoms with E-state index in [4.69, 9.17) is 12.8 Å². The van der Waals surface area contributed by atoms with Gasteiger partial charge in [-0.25, -0.2) is 15.0 Å². The van der Waals surface area contributed by atoms with Crippen LogP contribution in [0.5, 0.6) is 0 Å². The number of terminal acetylenes is 2. The minimum atomic E-state index is -1.42. The first-order valence-electron chi connectivity index (χ1n) is 10.0. The SMILES string of the molecule is C#C[C@@](C)(O)c1nccs1.C#C[C@](C)(O)c1nccs1.CC(O)(C#C[Si](C)(C)C)c1nccs1. The highest BCUT2D eigenvalue weighted by Crippen LogP contribution is 2.22. The van der Waals surface area contributed by atoms with E-state index in [0.717, 1.165) is 0 Å². The standard InChI is InChI=1S/C10H15NOSSi.2C7H7NOS/c1-10(12,5-8-14(2,3)4)9-11-6-7-13-9;2*1-3-7(2,9)6-8-4-5-10-6/h6-7,12H,1-4H3;2*1,4-5,9H,2H3/t;2*7-/m.10/s1. The second kappa shape index (κ2) is 12.4. The summed E-state index contributed by atoms with van der Waals surface area (Å²) in [6, 6.07) is 0. The van der Waals surface area contributed by atoms with E-state index in [0.29, 0.717) is 15.0 Å². The van der Waals surface area contributed by atoms with Crippen LogP contribution in [0.2, 0.25) is 19.6 Å². The smallest absolute Gasteiger partial charge is 0.174 e. The quantitative estimate of drug-likeness (QED) is 0.346. The van der Waals surface area contributed by atoms with Crippen LogP contribution >= 0.6 is 34.0 Å². The molecular formula is C24H29N3O3S3Si. The molecule has 3 aromatic heterocycles. The van der Waals surface area contributed by atoms with Gasteiger partial charge in [0.25, 0.3) is 0 Å². The van der Waals surface area contributed by atoms with E-state index in [1.807, 2.05) is 5.38 Å². The third-order valence-electron chi connectivity index (χ3n) is 3.79. The van der Waals surface area contributed by atoms with Crippen LogP contribution in [0.25, 0.3) is 0 Å². The molecule has 34 heavy (non-hydrogen) atoms. The molecule has 0 spiro atoms. The van der Waals surface area contributed by atoms with Crippen molar-refractivity contribution in [3.05, 3.63) is 49.8 Å². The van der Waals surface area contributed by atoms with Crippen LogP contribution in [-0.4, -0.2) is 38.3 Å². The van der Waals surface area contributed by atoms with E-state index in [-0.39, 0.29) is 0 Å². The Morgan fingerprint density at radius 2 is 1.03 bits per heavy atom. The zero-order chi connectivity index (χ0) is 26.0. The van der Waals surface area contributed by atoms with E-state index in [1.54, 1.807) is 50.1 Å². The largest absolute Gasteiger partial charge is 0.371 e. The lowest BCUT2D eigenvalue weighted by atomic mass is 10.1. The van der Waals surface area contributed by atoms with Gasteiger partial charge in [0.15, 0.2) is 16.8 Å². The molecule has 0 radical (unpaired) electrons. The molecule has 180 valence electrons.